The zero-order valence-corrected chi connectivity index (χ0v) is 31.4. The quantitative estimate of drug-likeness (QED) is 0.0354. The summed E-state index contributed by atoms with van der Waals surface area (Å²) >= 11 is 0. The van der Waals surface area contributed by atoms with Crippen LogP contribution in [0.4, 0.5) is 0 Å². The van der Waals surface area contributed by atoms with Crippen molar-refractivity contribution >= 4 is 25.7 Å². The van der Waals surface area contributed by atoms with Crippen LogP contribution in [0.5, 0.6) is 0 Å². The van der Waals surface area contributed by atoms with Crippen LogP contribution in [-0.4, -0.2) is 47.0 Å². The molecule has 0 aromatic heterocycles. The van der Waals surface area contributed by atoms with Crippen molar-refractivity contribution < 1.29 is 42.7 Å². The standard InChI is InChI=1S/C31H61O8P.C5H11NO/c1-3-5-7-9-11-13-15-17-19-21-23-25-30(32)37-27-29(28-38-40(34,35)36)39-31(33)26-24-22-20-18-16-14-12-10-8-6-4-2;1-4(2)3-5(6)7/h29H,3-28H2,1-2H3,(H2,34,35,36);4H,3H2,1-2H3,(H2,6,7). The maximum atomic E-state index is 12.3. The van der Waals surface area contributed by atoms with E-state index < -0.39 is 32.5 Å². The zero-order valence-electron chi connectivity index (χ0n) is 30.5. The lowest BCUT2D eigenvalue weighted by atomic mass is 10.1. The summed E-state index contributed by atoms with van der Waals surface area (Å²) in [5.41, 5.74) is 4.85. The van der Waals surface area contributed by atoms with Crippen molar-refractivity contribution in [1.29, 1.82) is 0 Å². The van der Waals surface area contributed by atoms with Gasteiger partial charge in [0.25, 0.3) is 0 Å². The van der Waals surface area contributed by atoms with E-state index in [0.717, 1.165) is 38.5 Å². The molecule has 10 nitrogen and oxygen atoms in total. The van der Waals surface area contributed by atoms with E-state index >= 15 is 0 Å². The molecule has 47 heavy (non-hydrogen) atoms. The Bertz CT molecular complexity index is 788. The summed E-state index contributed by atoms with van der Waals surface area (Å²) in [7, 11) is -4.73. The van der Waals surface area contributed by atoms with Crippen molar-refractivity contribution in [2.45, 2.75) is 194 Å². The number of nitrogens with two attached hydrogens (primary N) is 1. The van der Waals surface area contributed by atoms with Crippen LogP contribution >= 0.6 is 7.82 Å². The average molecular weight is 694 g/mol. The van der Waals surface area contributed by atoms with Crippen LogP contribution in [0, 0.1) is 5.92 Å². The molecule has 11 heteroatoms. The number of esters is 2. The van der Waals surface area contributed by atoms with Crippen LogP contribution in [0.3, 0.4) is 0 Å². The van der Waals surface area contributed by atoms with Crippen LogP contribution in [-0.2, 0) is 32.9 Å². The monoisotopic (exact) mass is 693 g/mol. The summed E-state index contributed by atoms with van der Waals surface area (Å²) in [5.74, 6) is -0.692. The highest BCUT2D eigenvalue weighted by atomic mass is 31.2. The van der Waals surface area contributed by atoms with E-state index in [9.17, 15) is 18.9 Å². The van der Waals surface area contributed by atoms with Gasteiger partial charge in [-0.15, -0.1) is 0 Å². The SMILES string of the molecule is CC(C)CC(N)=O.CCCCCCCCCCCCCC(=O)OCC(COP(=O)(O)O)OC(=O)CCCCCCCCCCCCC. The van der Waals surface area contributed by atoms with Crippen molar-refractivity contribution in [2.75, 3.05) is 13.2 Å². The third-order valence-corrected chi connectivity index (χ3v) is 8.22. The molecule has 0 heterocycles. The largest absolute Gasteiger partial charge is 0.469 e. The fourth-order valence-corrected chi connectivity index (χ4v) is 5.43. The summed E-state index contributed by atoms with van der Waals surface area (Å²) in [4.78, 5) is 52.4. The third kappa shape index (κ3) is 42.5. The second-order valence-corrected chi connectivity index (χ2v) is 14.5. The number of amides is 1. The van der Waals surface area contributed by atoms with E-state index in [4.69, 9.17) is 25.0 Å². The summed E-state index contributed by atoms with van der Waals surface area (Å²) in [5, 5.41) is 0. The molecule has 0 fully saturated rings. The summed E-state index contributed by atoms with van der Waals surface area (Å²) in [6.45, 7) is 7.57. The van der Waals surface area contributed by atoms with Gasteiger partial charge in [-0.3, -0.25) is 18.9 Å². The van der Waals surface area contributed by atoms with E-state index in [1.165, 1.54) is 96.3 Å². The fraction of sp³-hybridized carbons (Fsp3) is 0.917. The van der Waals surface area contributed by atoms with Crippen LogP contribution < -0.4 is 5.73 Å². The lowest BCUT2D eigenvalue weighted by Gasteiger charge is -2.18. The van der Waals surface area contributed by atoms with Gasteiger partial charge < -0.3 is 25.0 Å². The van der Waals surface area contributed by atoms with Gasteiger partial charge in [0.15, 0.2) is 6.10 Å². The van der Waals surface area contributed by atoms with Gasteiger partial charge in [-0.1, -0.05) is 156 Å². The smallest absolute Gasteiger partial charge is 0.462 e. The number of ether oxygens (including phenoxy) is 2. The Kier molecular flexibility index (Phi) is 34.9. The number of phosphoric acid groups is 1. The Morgan fingerprint density at radius 1 is 0.596 bits per heavy atom. The lowest BCUT2D eigenvalue weighted by Crippen LogP contribution is -2.29. The maximum Gasteiger partial charge on any atom is 0.469 e. The molecular weight excluding hydrogens is 621 g/mol. The third-order valence-electron chi connectivity index (χ3n) is 7.74. The van der Waals surface area contributed by atoms with Crippen molar-refractivity contribution in [3.05, 3.63) is 0 Å². The Balaban J connectivity index is 0. The average Bonchev–Trinajstić information content (AvgIpc) is 2.99. The first-order chi connectivity index (χ1) is 22.4. The number of phosphoric ester groups is 1. The molecule has 1 unspecified atom stereocenters. The number of hydrogen-bond donors (Lipinski definition) is 3. The normalized spacial score (nSPS) is 12.0. The predicted molar refractivity (Wildman–Crippen MR) is 190 cm³/mol. The molecule has 0 saturated heterocycles. The molecule has 4 N–H and O–H groups in total. The van der Waals surface area contributed by atoms with Gasteiger partial charge in [-0.2, -0.15) is 0 Å². The van der Waals surface area contributed by atoms with Gasteiger partial charge in [-0.05, 0) is 18.8 Å². The minimum absolute atomic E-state index is 0.213. The fourth-order valence-electron chi connectivity index (χ4n) is 5.07. The van der Waals surface area contributed by atoms with E-state index in [0.29, 0.717) is 18.8 Å². The highest BCUT2D eigenvalue weighted by molar-refractivity contribution is 7.46. The summed E-state index contributed by atoms with van der Waals surface area (Å²) in [6, 6.07) is 0. The van der Waals surface area contributed by atoms with Gasteiger partial charge in [0.2, 0.25) is 5.91 Å². The molecule has 1 amide bonds. The van der Waals surface area contributed by atoms with E-state index in [2.05, 4.69) is 18.4 Å². The highest BCUT2D eigenvalue weighted by Crippen LogP contribution is 2.36. The topological polar surface area (TPSA) is 162 Å². The van der Waals surface area contributed by atoms with E-state index in [1.807, 2.05) is 13.8 Å². The van der Waals surface area contributed by atoms with Crippen LogP contribution in [0.2, 0.25) is 0 Å². The number of carbonyl (C=O) groups excluding carboxylic acids is 3. The minimum Gasteiger partial charge on any atom is -0.462 e. The number of unbranched alkanes of at least 4 members (excludes halogenated alkanes) is 20. The lowest BCUT2D eigenvalue weighted by molar-refractivity contribution is -0.161. The van der Waals surface area contributed by atoms with Crippen LogP contribution in [0.25, 0.3) is 0 Å². The van der Waals surface area contributed by atoms with Crippen molar-refractivity contribution in [3.63, 3.8) is 0 Å². The molecule has 0 radical (unpaired) electrons. The van der Waals surface area contributed by atoms with Crippen molar-refractivity contribution in [1.82, 2.24) is 0 Å². The van der Waals surface area contributed by atoms with Crippen LogP contribution in [0.1, 0.15) is 188 Å². The number of rotatable bonds is 32. The predicted octanol–water partition coefficient (Wildman–Crippen LogP) is 9.47. The summed E-state index contributed by atoms with van der Waals surface area (Å²) < 4.78 is 26.1. The molecule has 0 rings (SSSR count). The molecule has 1 atom stereocenters. The first-order valence-corrected chi connectivity index (χ1v) is 20.3. The Labute approximate surface area is 287 Å². The zero-order chi connectivity index (χ0) is 35.6. The van der Waals surface area contributed by atoms with Gasteiger partial charge >= 0.3 is 19.8 Å². The minimum atomic E-state index is -4.73. The Hall–Kier alpha value is -1.48. The van der Waals surface area contributed by atoms with E-state index in [-0.39, 0.29) is 25.4 Å². The molecule has 0 aliphatic heterocycles. The Morgan fingerprint density at radius 2 is 0.957 bits per heavy atom. The first-order valence-electron chi connectivity index (χ1n) is 18.7. The molecule has 0 saturated carbocycles. The molecular formula is C36H72NO9P. The molecule has 0 aliphatic carbocycles. The molecule has 0 spiro atoms. The van der Waals surface area contributed by atoms with Crippen molar-refractivity contribution in [2.24, 2.45) is 11.7 Å². The van der Waals surface area contributed by atoms with Gasteiger partial charge in [0, 0.05) is 19.3 Å². The number of primary amides is 1. The number of hydrogen-bond acceptors (Lipinski definition) is 7. The molecule has 0 aliphatic rings. The second-order valence-electron chi connectivity index (χ2n) is 13.2. The molecule has 0 aromatic rings. The van der Waals surface area contributed by atoms with Crippen molar-refractivity contribution in [3.8, 4) is 0 Å². The molecule has 280 valence electrons. The van der Waals surface area contributed by atoms with Crippen LogP contribution in [0.15, 0.2) is 0 Å². The maximum absolute atomic E-state index is 12.3. The second kappa shape index (κ2) is 34.4. The Morgan fingerprint density at radius 3 is 1.28 bits per heavy atom. The molecule has 0 bridgehead atoms. The highest BCUT2D eigenvalue weighted by Gasteiger charge is 2.22. The van der Waals surface area contributed by atoms with E-state index in [1.54, 1.807) is 0 Å². The van der Waals surface area contributed by atoms with Gasteiger partial charge in [0.05, 0.1) is 6.61 Å². The van der Waals surface area contributed by atoms with Gasteiger partial charge in [-0.25, -0.2) is 4.57 Å². The summed E-state index contributed by atoms with van der Waals surface area (Å²) in [6.07, 6.45) is 25.9. The van der Waals surface area contributed by atoms with Gasteiger partial charge in [0.1, 0.15) is 6.61 Å². The molecule has 0 aromatic carbocycles. The number of carbonyl (C=O) groups is 3. The first kappa shape index (κ1) is 47.6.